The van der Waals surface area contributed by atoms with Gasteiger partial charge in [-0.05, 0) is 40.6 Å². The molecule has 3 N–H and O–H groups in total. The van der Waals surface area contributed by atoms with E-state index in [1.165, 1.54) is 16.3 Å². The van der Waals surface area contributed by atoms with Crippen molar-refractivity contribution < 1.29 is 0 Å². The second kappa shape index (κ2) is 5.02. The van der Waals surface area contributed by atoms with E-state index in [1.807, 2.05) is 24.3 Å². The molecule has 0 atom stereocenters. The fourth-order valence-corrected chi connectivity index (χ4v) is 2.14. The zero-order chi connectivity index (χ0) is 13.1. The first kappa shape index (κ1) is 11.6. The van der Waals surface area contributed by atoms with Crippen molar-refractivity contribution in [1.29, 1.82) is 0 Å². The van der Waals surface area contributed by atoms with Gasteiger partial charge in [0.2, 0.25) is 0 Å². The van der Waals surface area contributed by atoms with Gasteiger partial charge in [-0.1, -0.05) is 42.5 Å². The van der Waals surface area contributed by atoms with Gasteiger partial charge in [-0.3, -0.25) is 0 Å². The number of nitrogens with two attached hydrogens (primary N) is 1. The van der Waals surface area contributed by atoms with Gasteiger partial charge in [-0.25, -0.2) is 0 Å². The van der Waals surface area contributed by atoms with Gasteiger partial charge in [0, 0.05) is 17.9 Å². The SMILES string of the molecule is Nc1ccc(CNc2ccc3ccccc3c2)cc1. The summed E-state index contributed by atoms with van der Waals surface area (Å²) in [6.07, 6.45) is 0. The Morgan fingerprint density at radius 3 is 2.32 bits per heavy atom. The monoisotopic (exact) mass is 248 g/mol. The predicted molar refractivity (Wildman–Crippen MR) is 82.1 cm³/mol. The lowest BCUT2D eigenvalue weighted by atomic mass is 10.1. The van der Waals surface area contributed by atoms with Gasteiger partial charge in [0.05, 0.1) is 0 Å². The molecule has 2 nitrogen and oxygen atoms in total. The van der Waals surface area contributed by atoms with Crippen LogP contribution in [0.1, 0.15) is 5.56 Å². The molecule has 0 aliphatic rings. The maximum atomic E-state index is 5.68. The largest absolute Gasteiger partial charge is 0.399 e. The first-order valence-corrected chi connectivity index (χ1v) is 6.38. The van der Waals surface area contributed by atoms with Gasteiger partial charge in [0.1, 0.15) is 0 Å². The number of hydrogen-bond acceptors (Lipinski definition) is 2. The van der Waals surface area contributed by atoms with Crippen molar-refractivity contribution in [2.24, 2.45) is 0 Å². The fraction of sp³-hybridized carbons (Fsp3) is 0.0588. The quantitative estimate of drug-likeness (QED) is 0.687. The van der Waals surface area contributed by atoms with Crippen molar-refractivity contribution >= 4 is 22.1 Å². The molecule has 0 fully saturated rings. The van der Waals surface area contributed by atoms with Crippen LogP contribution in [0.3, 0.4) is 0 Å². The predicted octanol–water partition coefficient (Wildman–Crippen LogP) is 4.03. The zero-order valence-electron chi connectivity index (χ0n) is 10.6. The van der Waals surface area contributed by atoms with Crippen LogP contribution in [-0.2, 0) is 6.54 Å². The highest BCUT2D eigenvalue weighted by atomic mass is 14.9. The van der Waals surface area contributed by atoms with E-state index in [9.17, 15) is 0 Å². The van der Waals surface area contributed by atoms with Crippen LogP contribution in [0.2, 0.25) is 0 Å². The van der Waals surface area contributed by atoms with Crippen LogP contribution in [0.5, 0.6) is 0 Å². The van der Waals surface area contributed by atoms with Crippen LogP contribution in [0.4, 0.5) is 11.4 Å². The Balaban J connectivity index is 1.76. The number of nitrogens with one attached hydrogen (secondary N) is 1. The molecule has 19 heavy (non-hydrogen) atoms. The average molecular weight is 248 g/mol. The molecule has 0 aliphatic carbocycles. The van der Waals surface area contributed by atoms with Crippen molar-refractivity contribution in [2.75, 3.05) is 11.1 Å². The molecule has 0 saturated heterocycles. The number of fused-ring (bicyclic) bond motifs is 1. The average Bonchev–Trinajstić information content (AvgIpc) is 2.46. The Kier molecular flexibility index (Phi) is 3.07. The molecule has 94 valence electrons. The number of nitrogen functional groups attached to an aromatic ring is 1. The van der Waals surface area contributed by atoms with Crippen LogP contribution in [0.15, 0.2) is 66.7 Å². The Hall–Kier alpha value is -2.48. The number of hydrogen-bond donors (Lipinski definition) is 2. The smallest absolute Gasteiger partial charge is 0.0400 e. The van der Waals surface area contributed by atoms with Crippen molar-refractivity contribution in [1.82, 2.24) is 0 Å². The van der Waals surface area contributed by atoms with Crippen LogP contribution >= 0.6 is 0 Å². The molecule has 3 rings (SSSR count). The van der Waals surface area contributed by atoms with Gasteiger partial charge >= 0.3 is 0 Å². The van der Waals surface area contributed by atoms with Crippen molar-refractivity contribution in [3.05, 3.63) is 72.3 Å². The third kappa shape index (κ3) is 2.68. The molecule has 0 unspecified atom stereocenters. The third-order valence-electron chi connectivity index (χ3n) is 3.23. The Morgan fingerprint density at radius 1 is 0.789 bits per heavy atom. The molecule has 3 aromatic rings. The molecule has 0 radical (unpaired) electrons. The standard InChI is InChI=1S/C17H16N2/c18-16-8-5-13(6-9-16)12-19-17-10-7-14-3-1-2-4-15(14)11-17/h1-11,19H,12,18H2. The van der Waals surface area contributed by atoms with Crippen molar-refractivity contribution in [3.8, 4) is 0 Å². The van der Waals surface area contributed by atoms with Gasteiger partial charge in [0.25, 0.3) is 0 Å². The maximum absolute atomic E-state index is 5.68. The molecule has 0 aromatic heterocycles. The van der Waals surface area contributed by atoms with E-state index in [1.54, 1.807) is 0 Å². The molecule has 3 aromatic carbocycles. The summed E-state index contributed by atoms with van der Waals surface area (Å²) < 4.78 is 0. The normalized spacial score (nSPS) is 10.5. The van der Waals surface area contributed by atoms with Gasteiger partial charge in [-0.2, -0.15) is 0 Å². The third-order valence-corrected chi connectivity index (χ3v) is 3.23. The molecule has 0 spiro atoms. The number of benzene rings is 3. The first-order valence-electron chi connectivity index (χ1n) is 6.38. The Bertz CT molecular complexity index is 687. The van der Waals surface area contributed by atoms with Crippen LogP contribution in [0.25, 0.3) is 10.8 Å². The zero-order valence-corrected chi connectivity index (χ0v) is 10.6. The lowest BCUT2D eigenvalue weighted by Crippen LogP contribution is -1.99. The highest BCUT2D eigenvalue weighted by Gasteiger charge is 1.96. The highest BCUT2D eigenvalue weighted by molar-refractivity contribution is 5.85. The summed E-state index contributed by atoms with van der Waals surface area (Å²) in [4.78, 5) is 0. The second-order valence-electron chi connectivity index (χ2n) is 4.66. The molecule has 0 bridgehead atoms. The summed E-state index contributed by atoms with van der Waals surface area (Å²) in [5.74, 6) is 0. The maximum Gasteiger partial charge on any atom is 0.0400 e. The van der Waals surface area contributed by atoms with E-state index in [2.05, 4.69) is 47.8 Å². The topological polar surface area (TPSA) is 38.0 Å². The summed E-state index contributed by atoms with van der Waals surface area (Å²) in [7, 11) is 0. The summed E-state index contributed by atoms with van der Waals surface area (Å²) in [6.45, 7) is 0.804. The molecular formula is C17H16N2. The summed E-state index contributed by atoms with van der Waals surface area (Å²) in [5, 5.41) is 5.95. The van der Waals surface area contributed by atoms with Gasteiger partial charge in [0.15, 0.2) is 0 Å². The summed E-state index contributed by atoms with van der Waals surface area (Å²) >= 11 is 0. The van der Waals surface area contributed by atoms with E-state index in [0.717, 1.165) is 17.9 Å². The molecule has 0 amide bonds. The molecular weight excluding hydrogens is 232 g/mol. The lowest BCUT2D eigenvalue weighted by molar-refractivity contribution is 1.15. The number of anilines is 2. The van der Waals surface area contributed by atoms with E-state index >= 15 is 0 Å². The lowest BCUT2D eigenvalue weighted by Gasteiger charge is -2.08. The fourth-order valence-electron chi connectivity index (χ4n) is 2.14. The van der Waals surface area contributed by atoms with Crippen molar-refractivity contribution in [2.45, 2.75) is 6.54 Å². The molecule has 2 heteroatoms. The molecule has 0 heterocycles. The number of rotatable bonds is 3. The van der Waals surface area contributed by atoms with E-state index in [4.69, 9.17) is 5.73 Å². The van der Waals surface area contributed by atoms with E-state index in [0.29, 0.717) is 0 Å². The summed E-state index contributed by atoms with van der Waals surface area (Å²) in [5.41, 5.74) is 8.84. The summed E-state index contributed by atoms with van der Waals surface area (Å²) in [6, 6.07) is 22.7. The Morgan fingerprint density at radius 2 is 1.53 bits per heavy atom. The highest BCUT2D eigenvalue weighted by Crippen LogP contribution is 2.19. The van der Waals surface area contributed by atoms with Gasteiger partial charge in [-0.15, -0.1) is 0 Å². The van der Waals surface area contributed by atoms with Crippen LogP contribution in [-0.4, -0.2) is 0 Å². The minimum Gasteiger partial charge on any atom is -0.399 e. The first-order chi connectivity index (χ1) is 9.31. The van der Waals surface area contributed by atoms with E-state index in [-0.39, 0.29) is 0 Å². The van der Waals surface area contributed by atoms with Gasteiger partial charge < -0.3 is 11.1 Å². The Labute approximate surface area is 112 Å². The molecule has 0 aliphatic heterocycles. The van der Waals surface area contributed by atoms with Crippen molar-refractivity contribution in [3.63, 3.8) is 0 Å². The minimum atomic E-state index is 0.800. The van der Waals surface area contributed by atoms with Crippen LogP contribution < -0.4 is 11.1 Å². The second-order valence-corrected chi connectivity index (χ2v) is 4.66. The van der Waals surface area contributed by atoms with E-state index < -0.39 is 0 Å². The molecule has 0 saturated carbocycles. The minimum absolute atomic E-state index is 0.800. The van der Waals surface area contributed by atoms with Crippen LogP contribution in [0, 0.1) is 0 Å².